The van der Waals surface area contributed by atoms with Gasteiger partial charge < -0.3 is 9.47 Å². The zero-order valence-corrected chi connectivity index (χ0v) is 14.2. The summed E-state index contributed by atoms with van der Waals surface area (Å²) in [7, 11) is 1.53. The molecule has 1 aliphatic rings. The standard InChI is InChI=1S/C18H17N5O3/c1-25-17-10-16(19-12-20-17)22-7-8-23-15(18(22)24)9-13(21-23)11-26-14-5-3-2-4-6-14/h2-6,9-10,12H,7-8,11H2,1H3. The summed E-state index contributed by atoms with van der Waals surface area (Å²) in [6, 6.07) is 12.9. The average Bonchev–Trinajstić information content (AvgIpc) is 3.12. The third-order valence-corrected chi connectivity index (χ3v) is 4.07. The van der Waals surface area contributed by atoms with Crippen LogP contribution in [-0.4, -0.2) is 39.3 Å². The second-order valence-electron chi connectivity index (χ2n) is 5.72. The van der Waals surface area contributed by atoms with Crippen molar-refractivity contribution in [3.8, 4) is 11.6 Å². The number of aromatic nitrogens is 4. The predicted octanol–water partition coefficient (Wildman–Crippen LogP) is 1.92. The lowest BCUT2D eigenvalue weighted by Gasteiger charge is -2.26. The molecule has 3 heterocycles. The van der Waals surface area contributed by atoms with Crippen molar-refractivity contribution in [2.24, 2.45) is 0 Å². The number of para-hydroxylation sites is 1. The fourth-order valence-corrected chi connectivity index (χ4v) is 2.80. The van der Waals surface area contributed by atoms with Crippen molar-refractivity contribution in [3.63, 3.8) is 0 Å². The number of fused-ring (bicyclic) bond motifs is 1. The Bertz CT molecular complexity index is 926. The monoisotopic (exact) mass is 351 g/mol. The van der Waals surface area contributed by atoms with E-state index in [4.69, 9.17) is 9.47 Å². The van der Waals surface area contributed by atoms with E-state index in [-0.39, 0.29) is 5.91 Å². The van der Waals surface area contributed by atoms with Crippen molar-refractivity contribution in [1.82, 2.24) is 19.7 Å². The van der Waals surface area contributed by atoms with Crippen LogP contribution in [0.5, 0.6) is 11.6 Å². The highest BCUT2D eigenvalue weighted by Crippen LogP contribution is 2.22. The molecule has 26 heavy (non-hydrogen) atoms. The summed E-state index contributed by atoms with van der Waals surface area (Å²) in [5, 5.41) is 4.46. The molecule has 0 aliphatic carbocycles. The fraction of sp³-hybridized carbons (Fsp3) is 0.222. The largest absolute Gasteiger partial charge is 0.487 e. The highest BCUT2D eigenvalue weighted by molar-refractivity contribution is 6.05. The second kappa shape index (κ2) is 6.83. The van der Waals surface area contributed by atoms with Crippen LogP contribution in [0.4, 0.5) is 5.82 Å². The molecule has 0 N–H and O–H groups in total. The van der Waals surface area contributed by atoms with Crippen LogP contribution >= 0.6 is 0 Å². The number of hydrogen-bond donors (Lipinski definition) is 0. The first kappa shape index (κ1) is 16.1. The molecule has 4 rings (SSSR count). The smallest absolute Gasteiger partial charge is 0.277 e. The van der Waals surface area contributed by atoms with Crippen molar-refractivity contribution < 1.29 is 14.3 Å². The van der Waals surface area contributed by atoms with Crippen LogP contribution in [0.15, 0.2) is 48.8 Å². The number of anilines is 1. The fourth-order valence-electron chi connectivity index (χ4n) is 2.80. The summed E-state index contributed by atoms with van der Waals surface area (Å²) < 4.78 is 12.5. The quantitative estimate of drug-likeness (QED) is 0.698. The van der Waals surface area contributed by atoms with Crippen molar-refractivity contribution in [2.45, 2.75) is 13.2 Å². The van der Waals surface area contributed by atoms with E-state index >= 15 is 0 Å². The zero-order chi connectivity index (χ0) is 17.9. The highest BCUT2D eigenvalue weighted by atomic mass is 16.5. The van der Waals surface area contributed by atoms with Gasteiger partial charge in [0.05, 0.1) is 13.7 Å². The summed E-state index contributed by atoms with van der Waals surface area (Å²) in [5.41, 5.74) is 1.22. The Morgan fingerprint density at radius 2 is 1.96 bits per heavy atom. The molecule has 0 atom stereocenters. The molecule has 8 heteroatoms. The molecule has 0 saturated heterocycles. The molecule has 8 nitrogen and oxygen atoms in total. The molecule has 2 aromatic heterocycles. The normalized spacial score (nSPS) is 13.4. The molecule has 1 aromatic carbocycles. The van der Waals surface area contributed by atoms with Gasteiger partial charge in [-0.1, -0.05) is 18.2 Å². The Kier molecular flexibility index (Phi) is 4.22. The molecule has 0 unspecified atom stereocenters. The Hall–Kier alpha value is -3.42. The number of benzene rings is 1. The number of nitrogens with zero attached hydrogens (tertiary/aromatic N) is 5. The molecule has 0 saturated carbocycles. The third-order valence-electron chi connectivity index (χ3n) is 4.07. The number of methoxy groups -OCH3 is 1. The van der Waals surface area contributed by atoms with Gasteiger partial charge in [0, 0.05) is 12.6 Å². The summed E-state index contributed by atoms with van der Waals surface area (Å²) in [5.74, 6) is 1.53. The lowest BCUT2D eigenvalue weighted by molar-refractivity contribution is 0.0961. The van der Waals surface area contributed by atoms with Gasteiger partial charge in [0.1, 0.15) is 35.9 Å². The summed E-state index contributed by atoms with van der Waals surface area (Å²) in [6.45, 7) is 1.37. The van der Waals surface area contributed by atoms with Crippen LogP contribution in [0.2, 0.25) is 0 Å². The van der Waals surface area contributed by atoms with Gasteiger partial charge in [-0.15, -0.1) is 0 Å². The van der Waals surface area contributed by atoms with E-state index in [0.29, 0.717) is 42.8 Å². The number of amides is 1. The van der Waals surface area contributed by atoms with Gasteiger partial charge in [-0.25, -0.2) is 9.97 Å². The van der Waals surface area contributed by atoms with Gasteiger partial charge in [-0.2, -0.15) is 5.10 Å². The maximum atomic E-state index is 12.8. The number of rotatable bonds is 5. The van der Waals surface area contributed by atoms with Gasteiger partial charge in [0.25, 0.3) is 5.91 Å². The Morgan fingerprint density at radius 1 is 1.12 bits per heavy atom. The Labute approximate surface area is 150 Å². The molecule has 0 bridgehead atoms. The van der Waals surface area contributed by atoms with Crippen LogP contribution in [0.3, 0.4) is 0 Å². The highest BCUT2D eigenvalue weighted by Gasteiger charge is 2.28. The first-order chi connectivity index (χ1) is 12.7. The average molecular weight is 351 g/mol. The van der Waals surface area contributed by atoms with Gasteiger partial charge in [-0.3, -0.25) is 14.4 Å². The van der Waals surface area contributed by atoms with Gasteiger partial charge in [0.15, 0.2) is 0 Å². The van der Waals surface area contributed by atoms with E-state index in [2.05, 4.69) is 15.1 Å². The summed E-state index contributed by atoms with van der Waals surface area (Å²) in [4.78, 5) is 22.6. The molecule has 132 valence electrons. The van der Waals surface area contributed by atoms with Crippen LogP contribution in [0.25, 0.3) is 0 Å². The predicted molar refractivity (Wildman–Crippen MR) is 93.3 cm³/mol. The summed E-state index contributed by atoms with van der Waals surface area (Å²) >= 11 is 0. The van der Waals surface area contributed by atoms with E-state index in [0.717, 1.165) is 5.75 Å². The van der Waals surface area contributed by atoms with Crippen LogP contribution < -0.4 is 14.4 Å². The minimum absolute atomic E-state index is 0.157. The minimum atomic E-state index is -0.157. The third kappa shape index (κ3) is 3.08. The van der Waals surface area contributed by atoms with Crippen molar-refractivity contribution in [2.75, 3.05) is 18.6 Å². The molecule has 0 spiro atoms. The lowest BCUT2D eigenvalue weighted by Crippen LogP contribution is -2.40. The van der Waals surface area contributed by atoms with Crippen molar-refractivity contribution in [3.05, 3.63) is 60.2 Å². The topological polar surface area (TPSA) is 82.4 Å². The Morgan fingerprint density at radius 3 is 2.77 bits per heavy atom. The molecular weight excluding hydrogens is 334 g/mol. The SMILES string of the molecule is COc1cc(N2CCn3nc(COc4ccccc4)cc3C2=O)ncn1. The maximum Gasteiger partial charge on any atom is 0.277 e. The lowest BCUT2D eigenvalue weighted by atomic mass is 10.2. The molecule has 0 fully saturated rings. The van der Waals surface area contributed by atoms with E-state index in [1.165, 1.54) is 13.4 Å². The number of ether oxygens (including phenoxy) is 2. The number of hydrogen-bond acceptors (Lipinski definition) is 6. The van der Waals surface area contributed by atoms with Crippen molar-refractivity contribution >= 4 is 11.7 Å². The van der Waals surface area contributed by atoms with E-state index < -0.39 is 0 Å². The first-order valence-corrected chi connectivity index (χ1v) is 8.17. The molecular formula is C18H17N5O3. The molecule has 1 aliphatic heterocycles. The van der Waals surface area contributed by atoms with Gasteiger partial charge in [-0.05, 0) is 18.2 Å². The van der Waals surface area contributed by atoms with Gasteiger partial charge in [0.2, 0.25) is 5.88 Å². The Balaban J connectivity index is 1.52. The molecule has 3 aromatic rings. The number of carbonyl (C=O) groups is 1. The number of carbonyl (C=O) groups excluding carboxylic acids is 1. The molecule has 0 radical (unpaired) electrons. The second-order valence-corrected chi connectivity index (χ2v) is 5.72. The minimum Gasteiger partial charge on any atom is -0.487 e. The van der Waals surface area contributed by atoms with Crippen LogP contribution in [0, 0.1) is 0 Å². The summed E-state index contributed by atoms with van der Waals surface area (Å²) in [6.07, 6.45) is 1.38. The van der Waals surface area contributed by atoms with Gasteiger partial charge >= 0.3 is 0 Å². The first-order valence-electron chi connectivity index (χ1n) is 8.17. The van der Waals surface area contributed by atoms with Crippen LogP contribution in [0.1, 0.15) is 16.2 Å². The zero-order valence-electron chi connectivity index (χ0n) is 14.2. The maximum absolute atomic E-state index is 12.8. The van der Waals surface area contributed by atoms with Crippen LogP contribution in [-0.2, 0) is 13.2 Å². The van der Waals surface area contributed by atoms with E-state index in [1.807, 2.05) is 30.3 Å². The molecule has 1 amide bonds. The van der Waals surface area contributed by atoms with Crippen molar-refractivity contribution in [1.29, 1.82) is 0 Å². The van der Waals surface area contributed by atoms with E-state index in [9.17, 15) is 4.79 Å². The van der Waals surface area contributed by atoms with E-state index in [1.54, 1.807) is 21.7 Å².